The zero-order valence-corrected chi connectivity index (χ0v) is 13.9. The molecular formula is C16H19N3O3S. The molecule has 6 nitrogen and oxygen atoms in total. The Morgan fingerprint density at radius 1 is 1.17 bits per heavy atom. The zero-order valence-electron chi connectivity index (χ0n) is 13.1. The van der Waals surface area contributed by atoms with Crippen LogP contribution in [-0.4, -0.2) is 42.4 Å². The second-order valence-corrected chi connectivity index (χ2v) is 5.55. The lowest BCUT2D eigenvalue weighted by atomic mass is 10.1. The molecule has 0 saturated heterocycles. The summed E-state index contributed by atoms with van der Waals surface area (Å²) in [6, 6.07) is 7.48. The lowest BCUT2D eigenvalue weighted by Gasteiger charge is -2.10. The van der Waals surface area contributed by atoms with E-state index in [0.29, 0.717) is 29.0 Å². The van der Waals surface area contributed by atoms with E-state index in [1.165, 1.54) is 11.8 Å². The largest absolute Gasteiger partial charge is 0.493 e. The van der Waals surface area contributed by atoms with Crippen molar-refractivity contribution in [3.05, 3.63) is 42.2 Å². The summed E-state index contributed by atoms with van der Waals surface area (Å²) >= 11 is 1.31. The summed E-state index contributed by atoms with van der Waals surface area (Å²) in [5, 5.41) is 3.48. The van der Waals surface area contributed by atoms with E-state index in [1.54, 1.807) is 32.7 Å². The Balaban J connectivity index is 1.75. The number of methoxy groups -OCH3 is 2. The summed E-state index contributed by atoms with van der Waals surface area (Å²) < 4.78 is 10.5. The van der Waals surface area contributed by atoms with Crippen LogP contribution in [0.3, 0.4) is 0 Å². The third-order valence-corrected chi connectivity index (χ3v) is 3.93. The van der Waals surface area contributed by atoms with Crippen LogP contribution in [0.4, 0.5) is 0 Å². The highest BCUT2D eigenvalue weighted by Crippen LogP contribution is 2.27. The molecule has 1 N–H and O–H groups in total. The van der Waals surface area contributed by atoms with Crippen LogP contribution in [-0.2, 0) is 11.2 Å². The lowest BCUT2D eigenvalue weighted by molar-refractivity contribution is -0.118. The van der Waals surface area contributed by atoms with E-state index in [4.69, 9.17) is 9.47 Å². The van der Waals surface area contributed by atoms with Gasteiger partial charge in [0.25, 0.3) is 0 Å². The number of hydrogen-bond acceptors (Lipinski definition) is 6. The van der Waals surface area contributed by atoms with Crippen molar-refractivity contribution in [3.63, 3.8) is 0 Å². The molecule has 0 fully saturated rings. The van der Waals surface area contributed by atoms with E-state index < -0.39 is 0 Å². The van der Waals surface area contributed by atoms with Crippen LogP contribution in [0.2, 0.25) is 0 Å². The lowest BCUT2D eigenvalue weighted by Crippen LogP contribution is -2.27. The minimum atomic E-state index is -0.0390. The van der Waals surface area contributed by atoms with Gasteiger partial charge >= 0.3 is 0 Å². The number of thioether (sulfide) groups is 1. The highest BCUT2D eigenvalue weighted by atomic mass is 32.2. The fourth-order valence-electron chi connectivity index (χ4n) is 1.92. The van der Waals surface area contributed by atoms with E-state index in [2.05, 4.69) is 15.3 Å². The standard InChI is InChI=1S/C16H19N3O3S/c1-21-13-5-4-12(10-14(13)22-2)6-9-17-15(20)11-23-16-18-7-3-8-19-16/h3-5,7-8,10H,6,9,11H2,1-2H3,(H,17,20). The van der Waals surface area contributed by atoms with Gasteiger partial charge in [0.05, 0.1) is 20.0 Å². The van der Waals surface area contributed by atoms with Crippen molar-refractivity contribution in [1.29, 1.82) is 0 Å². The zero-order chi connectivity index (χ0) is 16.5. The Bertz CT molecular complexity index is 638. The first-order chi connectivity index (χ1) is 11.2. The minimum absolute atomic E-state index is 0.0390. The molecule has 2 rings (SSSR count). The van der Waals surface area contributed by atoms with E-state index in [9.17, 15) is 4.79 Å². The van der Waals surface area contributed by atoms with Crippen molar-refractivity contribution in [2.45, 2.75) is 11.6 Å². The maximum atomic E-state index is 11.8. The smallest absolute Gasteiger partial charge is 0.230 e. The molecule has 0 unspecified atom stereocenters. The fraction of sp³-hybridized carbons (Fsp3) is 0.312. The van der Waals surface area contributed by atoms with Crippen LogP contribution in [0, 0.1) is 0 Å². The molecule has 0 saturated carbocycles. The van der Waals surface area contributed by atoms with Crippen molar-refractivity contribution in [1.82, 2.24) is 15.3 Å². The molecule has 0 radical (unpaired) electrons. The predicted molar refractivity (Wildman–Crippen MR) is 89.0 cm³/mol. The molecule has 23 heavy (non-hydrogen) atoms. The second kappa shape index (κ2) is 8.99. The first-order valence-electron chi connectivity index (χ1n) is 7.10. The second-order valence-electron chi connectivity index (χ2n) is 4.61. The molecule has 1 aromatic heterocycles. The van der Waals surface area contributed by atoms with Crippen LogP contribution in [0.1, 0.15) is 5.56 Å². The number of benzene rings is 1. The third-order valence-electron chi connectivity index (χ3n) is 3.06. The first-order valence-corrected chi connectivity index (χ1v) is 8.09. The van der Waals surface area contributed by atoms with Crippen molar-refractivity contribution in [2.24, 2.45) is 0 Å². The Kier molecular flexibility index (Phi) is 6.68. The van der Waals surface area contributed by atoms with Crippen LogP contribution >= 0.6 is 11.8 Å². The summed E-state index contributed by atoms with van der Waals surface area (Å²) in [5.74, 6) is 1.64. The number of carbonyl (C=O) groups is 1. The average Bonchev–Trinajstić information content (AvgIpc) is 2.60. The fourth-order valence-corrected chi connectivity index (χ4v) is 2.56. The number of carbonyl (C=O) groups excluding carboxylic acids is 1. The van der Waals surface area contributed by atoms with Crippen molar-refractivity contribution in [3.8, 4) is 11.5 Å². The number of hydrogen-bond donors (Lipinski definition) is 1. The summed E-state index contributed by atoms with van der Waals surface area (Å²) in [5.41, 5.74) is 1.07. The SMILES string of the molecule is COc1ccc(CCNC(=O)CSc2ncccn2)cc1OC. The third kappa shape index (κ3) is 5.45. The van der Waals surface area contributed by atoms with Gasteiger partial charge < -0.3 is 14.8 Å². The molecule has 0 aliphatic rings. The Morgan fingerprint density at radius 2 is 1.91 bits per heavy atom. The molecule has 2 aromatic rings. The number of nitrogens with zero attached hydrogens (tertiary/aromatic N) is 2. The van der Waals surface area contributed by atoms with E-state index in [-0.39, 0.29) is 5.91 Å². The average molecular weight is 333 g/mol. The van der Waals surface area contributed by atoms with Crippen LogP contribution < -0.4 is 14.8 Å². The van der Waals surface area contributed by atoms with Gasteiger partial charge in [-0.1, -0.05) is 17.8 Å². The molecule has 122 valence electrons. The summed E-state index contributed by atoms with van der Waals surface area (Å²) in [7, 11) is 3.21. The number of amides is 1. The van der Waals surface area contributed by atoms with E-state index in [1.807, 2.05) is 18.2 Å². The number of aromatic nitrogens is 2. The molecule has 0 spiro atoms. The van der Waals surface area contributed by atoms with Gasteiger partial charge in [-0.25, -0.2) is 9.97 Å². The topological polar surface area (TPSA) is 73.3 Å². The van der Waals surface area contributed by atoms with Crippen LogP contribution in [0.25, 0.3) is 0 Å². The summed E-state index contributed by atoms with van der Waals surface area (Å²) in [6.45, 7) is 0.560. The Labute approximate surface area is 139 Å². The highest BCUT2D eigenvalue weighted by molar-refractivity contribution is 7.99. The maximum Gasteiger partial charge on any atom is 0.230 e. The molecule has 1 amide bonds. The van der Waals surface area contributed by atoms with Gasteiger partial charge in [0.15, 0.2) is 16.7 Å². The molecule has 0 atom stereocenters. The first kappa shape index (κ1) is 17.1. The molecule has 7 heteroatoms. The van der Waals surface area contributed by atoms with Crippen molar-refractivity contribution >= 4 is 17.7 Å². The monoisotopic (exact) mass is 333 g/mol. The van der Waals surface area contributed by atoms with Crippen molar-refractivity contribution in [2.75, 3.05) is 26.5 Å². The van der Waals surface area contributed by atoms with E-state index in [0.717, 1.165) is 12.0 Å². The normalized spacial score (nSPS) is 10.2. The van der Waals surface area contributed by atoms with Crippen molar-refractivity contribution < 1.29 is 14.3 Å². The molecule has 1 heterocycles. The van der Waals surface area contributed by atoms with Gasteiger partial charge in [0.1, 0.15) is 0 Å². The van der Waals surface area contributed by atoms with Crippen LogP contribution in [0.5, 0.6) is 11.5 Å². The van der Waals surface area contributed by atoms with Gasteiger partial charge in [-0.05, 0) is 30.2 Å². The van der Waals surface area contributed by atoms with Gasteiger partial charge in [-0.3, -0.25) is 4.79 Å². The molecule has 1 aromatic carbocycles. The molecule has 0 bridgehead atoms. The number of nitrogens with one attached hydrogen (secondary N) is 1. The van der Waals surface area contributed by atoms with E-state index >= 15 is 0 Å². The van der Waals surface area contributed by atoms with Gasteiger partial charge in [0, 0.05) is 18.9 Å². The van der Waals surface area contributed by atoms with Gasteiger partial charge in [-0.15, -0.1) is 0 Å². The quantitative estimate of drug-likeness (QED) is 0.588. The predicted octanol–water partition coefficient (Wildman–Crippen LogP) is 1.94. The minimum Gasteiger partial charge on any atom is -0.493 e. The summed E-state index contributed by atoms with van der Waals surface area (Å²) in [6.07, 6.45) is 4.03. The van der Waals surface area contributed by atoms with Crippen LogP contribution in [0.15, 0.2) is 41.8 Å². The number of ether oxygens (including phenoxy) is 2. The molecule has 0 aliphatic heterocycles. The molecular weight excluding hydrogens is 314 g/mol. The maximum absolute atomic E-state index is 11.8. The van der Waals surface area contributed by atoms with Gasteiger partial charge in [-0.2, -0.15) is 0 Å². The highest BCUT2D eigenvalue weighted by Gasteiger charge is 2.06. The Hall–Kier alpha value is -2.28. The number of rotatable bonds is 8. The molecule has 0 aliphatic carbocycles. The Morgan fingerprint density at radius 3 is 2.61 bits per heavy atom. The summed E-state index contributed by atoms with van der Waals surface area (Å²) in [4.78, 5) is 19.9. The van der Waals surface area contributed by atoms with Gasteiger partial charge in [0.2, 0.25) is 5.91 Å².